The van der Waals surface area contributed by atoms with Crippen LogP contribution >= 0.6 is 0 Å². The van der Waals surface area contributed by atoms with Crippen LogP contribution in [-0.2, 0) is 28.6 Å². The smallest absolute Gasteiger partial charge is 0.306 e. The number of carbonyl (C=O) groups is 3. The molecule has 0 aliphatic rings. The van der Waals surface area contributed by atoms with Crippen molar-refractivity contribution in [1.82, 2.24) is 0 Å². The van der Waals surface area contributed by atoms with Crippen LogP contribution in [0.5, 0.6) is 0 Å². The Bertz CT molecular complexity index is 1230. The molecule has 1 unspecified atom stereocenters. The Morgan fingerprint density at radius 3 is 0.926 bits per heavy atom. The maximum absolute atomic E-state index is 12.9. The lowest BCUT2D eigenvalue weighted by Crippen LogP contribution is -2.30. The Balaban J connectivity index is 4.36. The van der Waals surface area contributed by atoms with Gasteiger partial charge in [-0.25, -0.2) is 0 Å². The molecular weight excluding hydrogens is 841 g/mol. The van der Waals surface area contributed by atoms with Gasteiger partial charge in [-0.05, 0) is 64.2 Å². The molecule has 0 N–H and O–H groups in total. The number of hydrogen-bond acceptors (Lipinski definition) is 6. The van der Waals surface area contributed by atoms with E-state index >= 15 is 0 Å². The fourth-order valence-corrected chi connectivity index (χ4v) is 8.44. The minimum absolute atomic E-state index is 0.0773. The molecule has 0 saturated carbocycles. The lowest BCUT2D eigenvalue weighted by Gasteiger charge is -2.18. The van der Waals surface area contributed by atoms with E-state index in [9.17, 15) is 14.4 Å². The zero-order valence-corrected chi connectivity index (χ0v) is 45.1. The largest absolute Gasteiger partial charge is 0.462 e. The Hall–Kier alpha value is -2.89. The van der Waals surface area contributed by atoms with Crippen molar-refractivity contribution < 1.29 is 28.6 Å². The van der Waals surface area contributed by atoms with Gasteiger partial charge in [-0.1, -0.05) is 274 Å². The molecule has 0 aliphatic heterocycles. The maximum atomic E-state index is 12.9. The number of carbonyl (C=O) groups excluding carboxylic acids is 3. The number of rotatable bonds is 53. The van der Waals surface area contributed by atoms with E-state index in [4.69, 9.17) is 14.2 Å². The zero-order chi connectivity index (χ0) is 49.3. The van der Waals surface area contributed by atoms with Gasteiger partial charge in [-0.3, -0.25) is 14.4 Å². The summed E-state index contributed by atoms with van der Waals surface area (Å²) in [5.41, 5.74) is 0. The van der Waals surface area contributed by atoms with E-state index in [0.29, 0.717) is 19.3 Å². The summed E-state index contributed by atoms with van der Waals surface area (Å²) in [6, 6.07) is 0. The molecule has 0 aromatic carbocycles. The zero-order valence-electron chi connectivity index (χ0n) is 45.1. The first kappa shape index (κ1) is 65.1. The molecule has 0 bridgehead atoms. The number of unbranched alkanes of at least 4 members (excludes halogenated alkanes) is 35. The second-order valence-electron chi connectivity index (χ2n) is 19.6. The third-order valence-electron chi connectivity index (χ3n) is 12.8. The number of hydrogen-bond donors (Lipinski definition) is 0. The maximum Gasteiger partial charge on any atom is 0.306 e. The highest BCUT2D eigenvalue weighted by atomic mass is 16.6. The number of allylic oxidation sites excluding steroid dienone is 10. The predicted octanol–water partition coefficient (Wildman–Crippen LogP) is 19.6. The van der Waals surface area contributed by atoms with Gasteiger partial charge in [-0.15, -0.1) is 0 Å². The van der Waals surface area contributed by atoms with Gasteiger partial charge in [0.1, 0.15) is 13.2 Å². The van der Waals surface area contributed by atoms with E-state index in [1.54, 1.807) is 0 Å². The van der Waals surface area contributed by atoms with E-state index in [1.165, 1.54) is 186 Å². The summed E-state index contributed by atoms with van der Waals surface area (Å²) in [4.78, 5) is 38.2. The molecule has 0 rings (SSSR count). The highest BCUT2D eigenvalue weighted by Crippen LogP contribution is 2.17. The molecule has 0 heterocycles. The first-order valence-electron chi connectivity index (χ1n) is 29.3. The molecule has 1 atom stereocenters. The number of esters is 3. The third kappa shape index (κ3) is 54.1. The van der Waals surface area contributed by atoms with E-state index in [2.05, 4.69) is 81.5 Å². The van der Waals surface area contributed by atoms with Crippen molar-refractivity contribution in [2.45, 2.75) is 303 Å². The fraction of sp³-hybridized carbons (Fsp3) is 0.790. The van der Waals surface area contributed by atoms with Crippen LogP contribution in [0.4, 0.5) is 0 Å². The van der Waals surface area contributed by atoms with Gasteiger partial charge in [-0.2, -0.15) is 0 Å². The molecule has 0 aliphatic carbocycles. The molecule has 0 aromatic heterocycles. The van der Waals surface area contributed by atoms with Crippen LogP contribution in [-0.4, -0.2) is 37.2 Å². The summed E-state index contributed by atoms with van der Waals surface area (Å²) < 4.78 is 16.9. The normalized spacial score (nSPS) is 12.5. The van der Waals surface area contributed by atoms with Crippen molar-refractivity contribution in [3.8, 4) is 0 Å². The second kappa shape index (κ2) is 56.7. The van der Waals surface area contributed by atoms with Crippen LogP contribution in [0.2, 0.25) is 0 Å². The van der Waals surface area contributed by atoms with E-state index in [-0.39, 0.29) is 31.1 Å². The lowest BCUT2D eigenvalue weighted by atomic mass is 10.0. The Labute approximate surface area is 421 Å². The molecule has 0 radical (unpaired) electrons. The predicted molar refractivity (Wildman–Crippen MR) is 293 cm³/mol. The summed E-state index contributed by atoms with van der Waals surface area (Å²) in [6.45, 7) is 6.51. The van der Waals surface area contributed by atoms with Crippen LogP contribution < -0.4 is 0 Å². The fourth-order valence-electron chi connectivity index (χ4n) is 8.44. The van der Waals surface area contributed by atoms with Crippen molar-refractivity contribution in [2.24, 2.45) is 0 Å². The summed E-state index contributed by atoms with van der Waals surface area (Å²) in [5.74, 6) is -0.878. The Morgan fingerprint density at radius 2 is 0.574 bits per heavy atom. The monoisotopic (exact) mass is 951 g/mol. The van der Waals surface area contributed by atoms with Gasteiger partial charge >= 0.3 is 17.9 Å². The first-order chi connectivity index (χ1) is 33.5. The topological polar surface area (TPSA) is 78.9 Å². The standard InChI is InChI=1S/C62H110O6/c1-4-7-10-13-16-19-22-25-28-30-31-32-35-37-40-43-46-49-52-55-61(64)67-58-59(57-66-60(63)54-51-48-45-42-39-36-33-27-24-21-18-15-12-9-6-3)68-62(65)56-53-50-47-44-41-38-34-29-26-23-20-17-14-11-8-5-2/h9,12,15-16,18-19,21-22,24-25,59H,4-8,10-11,13-14,17,20,23,26-58H2,1-3H3/b12-9-,18-15-,19-16-,24-21-,25-22-. The molecule has 0 amide bonds. The quantitative estimate of drug-likeness (QED) is 0.0262. The van der Waals surface area contributed by atoms with Crippen LogP contribution in [0.15, 0.2) is 60.8 Å². The summed E-state index contributed by atoms with van der Waals surface area (Å²) in [7, 11) is 0. The van der Waals surface area contributed by atoms with Crippen molar-refractivity contribution in [2.75, 3.05) is 13.2 Å². The van der Waals surface area contributed by atoms with Gasteiger partial charge in [0.2, 0.25) is 0 Å². The van der Waals surface area contributed by atoms with E-state index in [1.807, 2.05) is 0 Å². The van der Waals surface area contributed by atoms with Crippen LogP contribution in [0.25, 0.3) is 0 Å². The van der Waals surface area contributed by atoms with Crippen molar-refractivity contribution in [1.29, 1.82) is 0 Å². The SMILES string of the molecule is CC\C=C/C=C\C=C/CCCCCCCCCC(=O)OCC(COC(=O)CCCCCCCCCCCC/C=C\C=C/CCCCC)OC(=O)CCCCCCCCCCCCCCCCCC. The average Bonchev–Trinajstić information content (AvgIpc) is 3.34. The van der Waals surface area contributed by atoms with Gasteiger partial charge in [0.25, 0.3) is 0 Å². The van der Waals surface area contributed by atoms with Crippen molar-refractivity contribution >= 4 is 17.9 Å². The van der Waals surface area contributed by atoms with Crippen molar-refractivity contribution in [3.05, 3.63) is 60.8 Å². The van der Waals surface area contributed by atoms with Gasteiger partial charge in [0, 0.05) is 19.3 Å². The molecule has 6 heteroatoms. The molecule has 394 valence electrons. The summed E-state index contributed by atoms with van der Waals surface area (Å²) >= 11 is 0. The number of ether oxygens (including phenoxy) is 3. The van der Waals surface area contributed by atoms with Crippen LogP contribution in [0, 0.1) is 0 Å². The molecule has 0 spiro atoms. The highest BCUT2D eigenvalue weighted by Gasteiger charge is 2.19. The summed E-state index contributed by atoms with van der Waals surface area (Å²) in [6.07, 6.45) is 70.6. The molecule has 6 nitrogen and oxygen atoms in total. The average molecular weight is 952 g/mol. The van der Waals surface area contributed by atoms with Crippen LogP contribution in [0.1, 0.15) is 297 Å². The molecular formula is C62H110O6. The highest BCUT2D eigenvalue weighted by molar-refractivity contribution is 5.71. The minimum Gasteiger partial charge on any atom is -0.462 e. The van der Waals surface area contributed by atoms with Gasteiger partial charge in [0.15, 0.2) is 6.10 Å². The second-order valence-corrected chi connectivity index (χ2v) is 19.6. The third-order valence-corrected chi connectivity index (χ3v) is 12.8. The molecule has 0 fully saturated rings. The molecule has 0 aromatic rings. The van der Waals surface area contributed by atoms with E-state index < -0.39 is 6.10 Å². The minimum atomic E-state index is -0.779. The van der Waals surface area contributed by atoms with E-state index in [0.717, 1.165) is 70.6 Å². The molecule has 68 heavy (non-hydrogen) atoms. The van der Waals surface area contributed by atoms with Gasteiger partial charge in [0.05, 0.1) is 0 Å². The molecule has 0 saturated heterocycles. The van der Waals surface area contributed by atoms with Gasteiger partial charge < -0.3 is 14.2 Å². The van der Waals surface area contributed by atoms with Crippen molar-refractivity contribution in [3.63, 3.8) is 0 Å². The first-order valence-corrected chi connectivity index (χ1v) is 29.3. The Kier molecular flexibility index (Phi) is 54.3. The summed E-state index contributed by atoms with van der Waals surface area (Å²) in [5, 5.41) is 0. The van der Waals surface area contributed by atoms with Crippen LogP contribution in [0.3, 0.4) is 0 Å². The lowest BCUT2D eigenvalue weighted by molar-refractivity contribution is -0.167. The Morgan fingerprint density at radius 1 is 0.309 bits per heavy atom.